The fourth-order valence-electron chi connectivity index (χ4n) is 3.42. The number of fused-ring (bicyclic) bond motifs is 2. The molecule has 3 heterocycles. The summed E-state index contributed by atoms with van der Waals surface area (Å²) in [6, 6.07) is 5.58. The van der Waals surface area contributed by atoms with Crippen LogP contribution in [0.25, 0.3) is 0 Å². The summed E-state index contributed by atoms with van der Waals surface area (Å²) in [7, 11) is 1.83. The highest BCUT2D eigenvalue weighted by molar-refractivity contribution is 7.99. The van der Waals surface area contributed by atoms with Crippen LogP contribution in [0.2, 0.25) is 0 Å². The molecular formula is C19H21N3O4S. The van der Waals surface area contributed by atoms with Crippen molar-refractivity contribution in [3.05, 3.63) is 39.7 Å². The van der Waals surface area contributed by atoms with Gasteiger partial charge in [-0.1, -0.05) is 24.8 Å². The molecule has 1 N–H and O–H groups in total. The normalized spacial score (nSPS) is 18.0. The molecule has 27 heavy (non-hydrogen) atoms. The fraction of sp³-hybridized carbons (Fsp3) is 0.421. The molecule has 1 aromatic carbocycles. The Balaban J connectivity index is 1.80. The van der Waals surface area contributed by atoms with Crippen molar-refractivity contribution < 1.29 is 14.3 Å². The van der Waals surface area contributed by atoms with Gasteiger partial charge >= 0.3 is 0 Å². The number of nitrogens with one attached hydrogen (secondary N) is 1. The van der Waals surface area contributed by atoms with Gasteiger partial charge in [-0.3, -0.25) is 9.59 Å². The van der Waals surface area contributed by atoms with E-state index in [-0.39, 0.29) is 23.8 Å². The van der Waals surface area contributed by atoms with Crippen LogP contribution in [0.3, 0.4) is 0 Å². The summed E-state index contributed by atoms with van der Waals surface area (Å²) in [4.78, 5) is 29.5. The molecule has 0 aliphatic carbocycles. The Hall–Kier alpha value is -2.48. The van der Waals surface area contributed by atoms with E-state index >= 15 is 0 Å². The number of rotatable bonds is 4. The van der Waals surface area contributed by atoms with Gasteiger partial charge in [-0.2, -0.15) is 4.98 Å². The molecule has 1 amide bonds. The molecule has 1 atom stereocenters. The second-order valence-corrected chi connectivity index (χ2v) is 7.64. The lowest BCUT2D eigenvalue weighted by Crippen LogP contribution is -2.33. The van der Waals surface area contributed by atoms with E-state index in [0.717, 1.165) is 17.7 Å². The molecule has 8 heteroatoms. The smallest absolute Gasteiger partial charge is 0.279 e. The fourth-order valence-corrected chi connectivity index (χ4v) is 4.24. The Bertz CT molecular complexity index is 957. The molecule has 1 unspecified atom stereocenters. The van der Waals surface area contributed by atoms with E-state index in [9.17, 15) is 9.59 Å². The average Bonchev–Trinajstić information content (AvgIpc) is 2.68. The maximum absolute atomic E-state index is 12.8. The number of thioether (sulfide) groups is 1. The highest BCUT2D eigenvalue weighted by Gasteiger charge is 2.32. The van der Waals surface area contributed by atoms with Gasteiger partial charge in [-0.05, 0) is 24.1 Å². The number of hydrogen-bond donors (Lipinski definition) is 1. The predicted molar refractivity (Wildman–Crippen MR) is 103 cm³/mol. The maximum Gasteiger partial charge on any atom is 0.279 e. The first-order valence-electron chi connectivity index (χ1n) is 9.01. The van der Waals surface area contributed by atoms with Gasteiger partial charge < -0.3 is 19.4 Å². The van der Waals surface area contributed by atoms with Crippen molar-refractivity contribution in [2.45, 2.75) is 30.8 Å². The largest absolute Gasteiger partial charge is 0.486 e. The zero-order valence-electron chi connectivity index (χ0n) is 15.3. The summed E-state index contributed by atoms with van der Waals surface area (Å²) >= 11 is 1.51. The zero-order chi connectivity index (χ0) is 19.0. The second-order valence-electron chi connectivity index (χ2n) is 6.58. The van der Waals surface area contributed by atoms with Crippen LogP contribution >= 0.6 is 11.8 Å². The molecule has 0 saturated carbocycles. The van der Waals surface area contributed by atoms with Crippen LogP contribution in [-0.4, -0.2) is 34.4 Å². The number of nitrogens with zero attached hydrogens (tertiary/aromatic N) is 2. The van der Waals surface area contributed by atoms with Crippen molar-refractivity contribution >= 4 is 23.5 Å². The summed E-state index contributed by atoms with van der Waals surface area (Å²) in [5.41, 5.74) is 1.08. The molecule has 0 saturated heterocycles. The van der Waals surface area contributed by atoms with E-state index in [4.69, 9.17) is 9.47 Å². The van der Waals surface area contributed by atoms with Crippen LogP contribution in [0.15, 0.2) is 28.2 Å². The monoisotopic (exact) mass is 387 g/mol. The Kier molecular flexibility index (Phi) is 4.82. The third kappa shape index (κ3) is 3.29. The van der Waals surface area contributed by atoms with Gasteiger partial charge in [-0.15, -0.1) is 0 Å². The first-order valence-corrected chi connectivity index (χ1v) is 10.00. The number of benzene rings is 1. The summed E-state index contributed by atoms with van der Waals surface area (Å²) in [5, 5.41) is 3.48. The van der Waals surface area contributed by atoms with Crippen molar-refractivity contribution in [3.63, 3.8) is 0 Å². The van der Waals surface area contributed by atoms with Crippen molar-refractivity contribution in [2.24, 2.45) is 7.05 Å². The summed E-state index contributed by atoms with van der Waals surface area (Å²) < 4.78 is 13.0. The molecule has 2 aliphatic rings. The Morgan fingerprint density at radius 3 is 2.81 bits per heavy atom. The quantitative estimate of drug-likeness (QED) is 0.641. The molecule has 4 rings (SSSR count). The first kappa shape index (κ1) is 17.9. The van der Waals surface area contributed by atoms with Gasteiger partial charge in [0.1, 0.15) is 19.0 Å². The first-order chi connectivity index (χ1) is 13.1. The van der Waals surface area contributed by atoms with E-state index in [1.807, 2.05) is 25.2 Å². The van der Waals surface area contributed by atoms with Crippen molar-refractivity contribution in [1.29, 1.82) is 0 Å². The number of aromatic nitrogens is 2. The third-order valence-corrected chi connectivity index (χ3v) is 5.94. The molecule has 2 aliphatic heterocycles. The minimum atomic E-state index is -0.360. The highest BCUT2D eigenvalue weighted by Crippen LogP contribution is 2.39. The minimum Gasteiger partial charge on any atom is -0.486 e. The number of amides is 1. The molecule has 7 nitrogen and oxygen atoms in total. The van der Waals surface area contributed by atoms with E-state index in [1.54, 1.807) is 4.57 Å². The molecule has 142 valence electrons. The zero-order valence-corrected chi connectivity index (χ0v) is 16.1. The van der Waals surface area contributed by atoms with Gasteiger partial charge in [0.15, 0.2) is 16.7 Å². The molecule has 0 radical (unpaired) electrons. The molecule has 2 aromatic rings. The van der Waals surface area contributed by atoms with Crippen LogP contribution in [0.5, 0.6) is 11.5 Å². The Labute approximate surface area is 161 Å². The van der Waals surface area contributed by atoms with Gasteiger partial charge in [0.2, 0.25) is 5.91 Å². The maximum atomic E-state index is 12.8. The van der Waals surface area contributed by atoms with Crippen molar-refractivity contribution in [1.82, 2.24) is 9.55 Å². The lowest BCUT2D eigenvalue weighted by atomic mass is 9.86. The van der Waals surface area contributed by atoms with Gasteiger partial charge in [0.05, 0.1) is 5.56 Å². The Morgan fingerprint density at radius 1 is 1.26 bits per heavy atom. The van der Waals surface area contributed by atoms with Crippen LogP contribution in [-0.2, 0) is 11.8 Å². The Morgan fingerprint density at radius 2 is 2.04 bits per heavy atom. The van der Waals surface area contributed by atoms with Gasteiger partial charge in [-0.25, -0.2) is 0 Å². The number of carbonyl (C=O) groups excluding carboxylic acids is 1. The standard InChI is InChI=1S/C19H21N3O4S/c1-3-8-27-19-21-18(24)16-12(10-15(23)20-17(16)22(19)2)11-4-5-13-14(9-11)26-7-6-25-13/h4-5,9,12H,3,6-8,10H2,1-2H3,(H,20,23). The van der Waals surface area contributed by atoms with Crippen molar-refractivity contribution in [2.75, 3.05) is 24.3 Å². The average molecular weight is 387 g/mol. The number of carbonyl (C=O) groups is 1. The van der Waals surface area contributed by atoms with Crippen LogP contribution in [0.1, 0.15) is 36.8 Å². The minimum absolute atomic E-state index is 0.116. The summed E-state index contributed by atoms with van der Waals surface area (Å²) in [6.45, 7) is 3.08. The SMILES string of the molecule is CCCSc1nc(=O)c2c(n1C)NC(=O)CC2c1ccc2c(c1)OCCO2. The summed E-state index contributed by atoms with van der Waals surface area (Å²) in [5.74, 6) is 2.24. The number of hydrogen-bond acceptors (Lipinski definition) is 6. The van der Waals surface area contributed by atoms with E-state index in [0.29, 0.717) is 41.3 Å². The van der Waals surface area contributed by atoms with Crippen LogP contribution in [0, 0.1) is 0 Å². The number of anilines is 1. The molecular weight excluding hydrogens is 366 g/mol. The summed E-state index contributed by atoms with van der Waals surface area (Å²) in [6.07, 6.45) is 1.18. The molecule has 0 bridgehead atoms. The number of ether oxygens (including phenoxy) is 2. The second kappa shape index (κ2) is 7.26. The molecule has 0 spiro atoms. The molecule has 0 fully saturated rings. The van der Waals surface area contributed by atoms with E-state index in [2.05, 4.69) is 17.2 Å². The van der Waals surface area contributed by atoms with E-state index < -0.39 is 0 Å². The topological polar surface area (TPSA) is 82.5 Å². The van der Waals surface area contributed by atoms with Crippen LogP contribution < -0.4 is 20.3 Å². The predicted octanol–water partition coefficient (Wildman–Crippen LogP) is 2.53. The lowest BCUT2D eigenvalue weighted by Gasteiger charge is -2.28. The molecule has 1 aromatic heterocycles. The third-order valence-electron chi connectivity index (χ3n) is 4.70. The van der Waals surface area contributed by atoms with Gasteiger partial charge in [0.25, 0.3) is 5.56 Å². The highest BCUT2D eigenvalue weighted by atomic mass is 32.2. The van der Waals surface area contributed by atoms with E-state index in [1.165, 1.54) is 11.8 Å². The lowest BCUT2D eigenvalue weighted by molar-refractivity contribution is -0.116. The van der Waals surface area contributed by atoms with Crippen molar-refractivity contribution in [3.8, 4) is 11.5 Å². The van der Waals surface area contributed by atoms with Gasteiger partial charge in [0, 0.05) is 25.1 Å². The van der Waals surface area contributed by atoms with Crippen LogP contribution in [0.4, 0.5) is 5.82 Å².